The molecule has 1 rings (SSSR count). The van der Waals surface area contributed by atoms with Gasteiger partial charge in [-0.15, -0.1) is 0 Å². The molecule has 3 nitrogen and oxygen atoms in total. The molecule has 0 aliphatic heterocycles. The fourth-order valence-electron chi connectivity index (χ4n) is 1.68. The molecule has 1 N–H and O–H groups in total. The third-order valence-corrected chi connectivity index (χ3v) is 2.57. The average molecular weight is 269 g/mol. The summed E-state index contributed by atoms with van der Waals surface area (Å²) in [6.07, 6.45) is 1.21. The quantitative estimate of drug-likeness (QED) is 0.699. The molecule has 0 aliphatic carbocycles. The van der Waals surface area contributed by atoms with Crippen molar-refractivity contribution in [3.8, 4) is 5.75 Å². The molecule has 0 heterocycles. The van der Waals surface area contributed by atoms with Gasteiger partial charge in [-0.3, -0.25) is 0 Å². The van der Waals surface area contributed by atoms with E-state index in [2.05, 4.69) is 12.2 Å². The van der Waals surface area contributed by atoms with Crippen LogP contribution in [-0.4, -0.2) is 25.9 Å². The van der Waals surface area contributed by atoms with Gasteiger partial charge in [0.1, 0.15) is 6.61 Å². The molecule has 0 fully saturated rings. The molecule has 0 aromatic heterocycles. The van der Waals surface area contributed by atoms with Gasteiger partial charge in [0.25, 0.3) is 0 Å². The standard InChI is InChI=1S/C15H24FNO2/c1-4-8-17-11-13-6-5-7-14(16)15(13)19-10-9-18-12(2)3/h5-7,12,17H,4,8-11H2,1-3H3. The van der Waals surface area contributed by atoms with Crippen LogP contribution in [0.25, 0.3) is 0 Å². The highest BCUT2D eigenvalue weighted by Crippen LogP contribution is 2.22. The number of benzene rings is 1. The van der Waals surface area contributed by atoms with Crippen molar-refractivity contribution in [2.24, 2.45) is 0 Å². The lowest BCUT2D eigenvalue weighted by Gasteiger charge is -2.14. The number of nitrogens with one attached hydrogen (secondary N) is 1. The van der Waals surface area contributed by atoms with Crippen molar-refractivity contribution in [3.63, 3.8) is 0 Å². The molecule has 0 bridgehead atoms. The molecule has 0 spiro atoms. The first-order valence-corrected chi connectivity index (χ1v) is 6.87. The summed E-state index contributed by atoms with van der Waals surface area (Å²) < 4.78 is 24.6. The smallest absolute Gasteiger partial charge is 0.165 e. The van der Waals surface area contributed by atoms with Crippen molar-refractivity contribution >= 4 is 0 Å². The van der Waals surface area contributed by atoms with E-state index in [0.717, 1.165) is 18.5 Å². The van der Waals surface area contributed by atoms with E-state index in [1.165, 1.54) is 6.07 Å². The zero-order chi connectivity index (χ0) is 14.1. The monoisotopic (exact) mass is 269 g/mol. The van der Waals surface area contributed by atoms with Crippen LogP contribution in [0.1, 0.15) is 32.8 Å². The number of halogens is 1. The van der Waals surface area contributed by atoms with Crippen LogP contribution in [-0.2, 0) is 11.3 Å². The summed E-state index contributed by atoms with van der Waals surface area (Å²) in [6, 6.07) is 5.00. The lowest BCUT2D eigenvalue weighted by atomic mass is 10.2. The Balaban J connectivity index is 2.53. The van der Waals surface area contributed by atoms with Gasteiger partial charge < -0.3 is 14.8 Å². The number of para-hydroxylation sites is 1. The van der Waals surface area contributed by atoms with Gasteiger partial charge in [0, 0.05) is 12.1 Å². The number of ether oxygens (including phenoxy) is 2. The second kappa shape index (κ2) is 8.88. The Morgan fingerprint density at radius 3 is 2.74 bits per heavy atom. The summed E-state index contributed by atoms with van der Waals surface area (Å²) >= 11 is 0. The molecule has 0 saturated heterocycles. The Kier molecular flexibility index (Phi) is 7.45. The van der Waals surface area contributed by atoms with Crippen LogP contribution in [0.5, 0.6) is 5.75 Å². The van der Waals surface area contributed by atoms with Gasteiger partial charge in [0.05, 0.1) is 12.7 Å². The van der Waals surface area contributed by atoms with Gasteiger partial charge in [0.2, 0.25) is 0 Å². The fraction of sp³-hybridized carbons (Fsp3) is 0.600. The zero-order valence-corrected chi connectivity index (χ0v) is 12.0. The van der Waals surface area contributed by atoms with Gasteiger partial charge in [0.15, 0.2) is 11.6 Å². The lowest BCUT2D eigenvalue weighted by molar-refractivity contribution is 0.0542. The number of hydrogen-bond donors (Lipinski definition) is 1. The Morgan fingerprint density at radius 2 is 2.05 bits per heavy atom. The molecule has 19 heavy (non-hydrogen) atoms. The first kappa shape index (κ1) is 15.9. The highest BCUT2D eigenvalue weighted by Gasteiger charge is 2.09. The Morgan fingerprint density at radius 1 is 1.26 bits per heavy atom. The van der Waals surface area contributed by atoms with Crippen molar-refractivity contribution in [2.45, 2.75) is 39.8 Å². The number of rotatable bonds is 9. The van der Waals surface area contributed by atoms with E-state index in [1.54, 1.807) is 6.07 Å². The van der Waals surface area contributed by atoms with E-state index in [1.807, 2.05) is 19.9 Å². The molecule has 0 aliphatic rings. The minimum absolute atomic E-state index is 0.162. The largest absolute Gasteiger partial charge is 0.488 e. The van der Waals surface area contributed by atoms with Crippen LogP contribution in [0.3, 0.4) is 0 Å². The van der Waals surface area contributed by atoms with Gasteiger partial charge in [-0.05, 0) is 32.9 Å². The average Bonchev–Trinajstić information content (AvgIpc) is 2.37. The second-order valence-corrected chi connectivity index (χ2v) is 4.67. The molecule has 0 unspecified atom stereocenters. The maximum atomic E-state index is 13.8. The van der Waals surface area contributed by atoms with Crippen molar-refractivity contribution in [1.82, 2.24) is 5.32 Å². The second-order valence-electron chi connectivity index (χ2n) is 4.67. The molecule has 0 amide bonds. The van der Waals surface area contributed by atoms with Crippen molar-refractivity contribution in [2.75, 3.05) is 19.8 Å². The lowest BCUT2D eigenvalue weighted by Crippen LogP contribution is -2.16. The summed E-state index contributed by atoms with van der Waals surface area (Å²) in [5.41, 5.74) is 0.845. The van der Waals surface area contributed by atoms with Crippen molar-refractivity contribution in [3.05, 3.63) is 29.6 Å². The fourth-order valence-corrected chi connectivity index (χ4v) is 1.68. The topological polar surface area (TPSA) is 30.5 Å². The number of hydrogen-bond acceptors (Lipinski definition) is 3. The maximum absolute atomic E-state index is 13.8. The van der Waals surface area contributed by atoms with Crippen molar-refractivity contribution < 1.29 is 13.9 Å². The summed E-state index contributed by atoms with van der Waals surface area (Å²) in [5.74, 6) is 0.0128. The first-order valence-electron chi connectivity index (χ1n) is 6.87. The van der Waals surface area contributed by atoms with Gasteiger partial charge >= 0.3 is 0 Å². The summed E-state index contributed by atoms with van der Waals surface area (Å²) in [7, 11) is 0. The minimum atomic E-state index is -0.319. The highest BCUT2D eigenvalue weighted by atomic mass is 19.1. The Bertz CT molecular complexity index is 369. The third-order valence-electron chi connectivity index (χ3n) is 2.57. The predicted molar refractivity (Wildman–Crippen MR) is 75.0 cm³/mol. The molecule has 1 aromatic rings. The summed E-state index contributed by atoms with van der Waals surface area (Å²) in [4.78, 5) is 0. The van der Waals surface area contributed by atoms with E-state index in [-0.39, 0.29) is 11.9 Å². The SMILES string of the molecule is CCCNCc1cccc(F)c1OCCOC(C)C. The van der Waals surface area contributed by atoms with Crippen LogP contribution < -0.4 is 10.1 Å². The molecule has 0 atom stereocenters. The van der Waals surface area contributed by atoms with Crippen LogP contribution in [0.2, 0.25) is 0 Å². The van der Waals surface area contributed by atoms with E-state index in [4.69, 9.17) is 9.47 Å². The third kappa shape index (κ3) is 6.03. The van der Waals surface area contributed by atoms with Crippen LogP contribution >= 0.6 is 0 Å². The van der Waals surface area contributed by atoms with Crippen LogP contribution in [0.15, 0.2) is 18.2 Å². The van der Waals surface area contributed by atoms with Crippen molar-refractivity contribution in [1.29, 1.82) is 0 Å². The van der Waals surface area contributed by atoms with Crippen LogP contribution in [0, 0.1) is 5.82 Å². The van der Waals surface area contributed by atoms with Crippen LogP contribution in [0.4, 0.5) is 4.39 Å². The van der Waals surface area contributed by atoms with E-state index in [0.29, 0.717) is 25.5 Å². The Hall–Kier alpha value is -1.13. The molecule has 1 aromatic carbocycles. The molecule has 0 radical (unpaired) electrons. The normalized spacial score (nSPS) is 11.0. The van der Waals surface area contributed by atoms with E-state index in [9.17, 15) is 4.39 Å². The van der Waals surface area contributed by atoms with Gasteiger partial charge in [-0.25, -0.2) is 4.39 Å². The molecule has 108 valence electrons. The van der Waals surface area contributed by atoms with E-state index < -0.39 is 0 Å². The van der Waals surface area contributed by atoms with E-state index >= 15 is 0 Å². The minimum Gasteiger partial charge on any atom is -0.488 e. The van der Waals surface area contributed by atoms with Gasteiger partial charge in [-0.1, -0.05) is 19.1 Å². The molecule has 0 saturated carbocycles. The maximum Gasteiger partial charge on any atom is 0.165 e. The summed E-state index contributed by atoms with van der Waals surface area (Å²) in [6.45, 7) is 8.37. The predicted octanol–water partition coefficient (Wildman–Crippen LogP) is 3.13. The zero-order valence-electron chi connectivity index (χ0n) is 12.0. The molecular weight excluding hydrogens is 245 g/mol. The molecular formula is C15H24FNO2. The summed E-state index contributed by atoms with van der Waals surface area (Å²) in [5, 5.41) is 3.25. The first-order chi connectivity index (χ1) is 9.15. The molecule has 4 heteroatoms. The Labute approximate surface area is 115 Å². The highest BCUT2D eigenvalue weighted by molar-refractivity contribution is 5.34. The van der Waals surface area contributed by atoms with Gasteiger partial charge in [-0.2, -0.15) is 0 Å².